The molecule has 2 N–H and O–H groups in total. The summed E-state index contributed by atoms with van der Waals surface area (Å²) >= 11 is 0. The number of nitrogens with zero attached hydrogens (tertiary/aromatic N) is 1. The van der Waals surface area contributed by atoms with E-state index in [2.05, 4.69) is 22.4 Å². The van der Waals surface area contributed by atoms with Crippen molar-refractivity contribution >= 4 is 11.5 Å². The van der Waals surface area contributed by atoms with Crippen LogP contribution in [0.4, 0.5) is 5.69 Å². The Morgan fingerprint density at radius 3 is 3.07 bits per heavy atom. The van der Waals surface area contributed by atoms with Crippen molar-refractivity contribution in [1.82, 2.24) is 10.2 Å². The van der Waals surface area contributed by atoms with Gasteiger partial charge in [-0.3, -0.25) is 9.89 Å². The molecule has 0 radical (unpaired) electrons. The lowest BCUT2D eigenvalue weighted by Crippen LogP contribution is -1.99. The van der Waals surface area contributed by atoms with Gasteiger partial charge in [-0.1, -0.05) is 13.3 Å². The third-order valence-electron chi connectivity index (χ3n) is 1.99. The molecule has 1 aromatic rings. The van der Waals surface area contributed by atoms with Gasteiger partial charge < -0.3 is 5.32 Å². The third-order valence-corrected chi connectivity index (χ3v) is 1.99. The van der Waals surface area contributed by atoms with Gasteiger partial charge in [0.15, 0.2) is 5.78 Å². The minimum absolute atomic E-state index is 0.172. The van der Waals surface area contributed by atoms with Gasteiger partial charge in [-0.05, 0) is 13.3 Å². The maximum absolute atomic E-state index is 11.4. The summed E-state index contributed by atoms with van der Waals surface area (Å²) in [6.07, 6.45) is 7.69. The molecule has 0 aliphatic heterocycles. The summed E-state index contributed by atoms with van der Waals surface area (Å²) in [4.78, 5) is 11.4. The molecule has 1 aromatic heterocycles. The summed E-state index contributed by atoms with van der Waals surface area (Å²) in [6.45, 7) is 3.95. The molecule has 1 heterocycles. The normalized spacial score (nSPS) is 11.5. The van der Waals surface area contributed by atoms with E-state index in [-0.39, 0.29) is 5.78 Å². The van der Waals surface area contributed by atoms with E-state index in [9.17, 15) is 4.79 Å². The molecule has 0 saturated carbocycles. The summed E-state index contributed by atoms with van der Waals surface area (Å²) in [6, 6.07) is 0. The van der Waals surface area contributed by atoms with E-state index >= 15 is 0 Å². The van der Waals surface area contributed by atoms with E-state index in [0.29, 0.717) is 6.42 Å². The van der Waals surface area contributed by atoms with E-state index in [1.807, 2.05) is 6.92 Å². The number of hydrogen-bond donors (Lipinski definition) is 2. The Hall–Kier alpha value is -1.58. The highest BCUT2D eigenvalue weighted by Crippen LogP contribution is 2.06. The van der Waals surface area contributed by atoms with Crippen LogP contribution in [-0.2, 0) is 4.79 Å². The van der Waals surface area contributed by atoms with Crippen LogP contribution in [0.25, 0.3) is 0 Å². The van der Waals surface area contributed by atoms with Crippen molar-refractivity contribution in [3.63, 3.8) is 0 Å². The number of carbonyl (C=O) groups is 1. The van der Waals surface area contributed by atoms with Crippen LogP contribution in [0.2, 0.25) is 0 Å². The SMILES string of the molecule is CCCCC(=O)/C=C(\C)Nc1cn[nH]c1. The van der Waals surface area contributed by atoms with Gasteiger partial charge >= 0.3 is 0 Å². The number of H-pyrrole nitrogens is 1. The highest BCUT2D eigenvalue weighted by atomic mass is 16.1. The molecule has 82 valence electrons. The van der Waals surface area contributed by atoms with Crippen molar-refractivity contribution in [3.05, 3.63) is 24.2 Å². The summed E-state index contributed by atoms with van der Waals surface area (Å²) in [5.41, 5.74) is 1.71. The topological polar surface area (TPSA) is 57.8 Å². The fourth-order valence-electron chi connectivity index (χ4n) is 1.25. The van der Waals surface area contributed by atoms with E-state index in [4.69, 9.17) is 0 Å². The predicted molar refractivity (Wildman–Crippen MR) is 60.5 cm³/mol. The zero-order valence-electron chi connectivity index (χ0n) is 9.21. The number of nitrogens with one attached hydrogen (secondary N) is 2. The number of unbranched alkanes of at least 4 members (excludes halogenated alkanes) is 1. The summed E-state index contributed by atoms with van der Waals surface area (Å²) in [5, 5.41) is 9.58. The number of aromatic amines is 1. The summed E-state index contributed by atoms with van der Waals surface area (Å²) in [7, 11) is 0. The number of carbonyl (C=O) groups excluding carboxylic acids is 1. The van der Waals surface area contributed by atoms with Gasteiger partial charge in [-0.25, -0.2) is 0 Å². The standard InChI is InChI=1S/C11H17N3O/c1-3-4-5-11(15)6-9(2)14-10-7-12-13-8-10/h6-8,14H,3-5H2,1-2H3,(H,12,13)/b9-6+. The first kappa shape index (κ1) is 11.5. The Labute approximate surface area is 89.8 Å². The fraction of sp³-hybridized carbons (Fsp3) is 0.455. The lowest BCUT2D eigenvalue weighted by atomic mass is 10.1. The van der Waals surface area contributed by atoms with Crippen LogP contribution < -0.4 is 5.32 Å². The first-order chi connectivity index (χ1) is 7.22. The second kappa shape index (κ2) is 6.01. The second-order valence-corrected chi connectivity index (χ2v) is 3.51. The van der Waals surface area contributed by atoms with Crippen molar-refractivity contribution in [2.45, 2.75) is 33.1 Å². The number of rotatable bonds is 6. The zero-order chi connectivity index (χ0) is 11.1. The molecule has 0 fully saturated rings. The molecule has 0 bridgehead atoms. The lowest BCUT2D eigenvalue weighted by Gasteiger charge is -2.02. The average Bonchev–Trinajstić information content (AvgIpc) is 2.67. The minimum Gasteiger partial charge on any atom is -0.357 e. The molecule has 15 heavy (non-hydrogen) atoms. The third kappa shape index (κ3) is 4.44. The molecule has 4 nitrogen and oxygen atoms in total. The van der Waals surface area contributed by atoms with Crippen LogP contribution in [-0.4, -0.2) is 16.0 Å². The molecular formula is C11H17N3O. The Morgan fingerprint density at radius 1 is 1.67 bits per heavy atom. The van der Waals surface area contributed by atoms with Crippen LogP contribution in [0, 0.1) is 0 Å². The molecule has 0 amide bonds. The van der Waals surface area contributed by atoms with Gasteiger partial charge in [0.2, 0.25) is 0 Å². The van der Waals surface area contributed by atoms with Gasteiger partial charge in [0.1, 0.15) is 0 Å². The average molecular weight is 207 g/mol. The summed E-state index contributed by atoms with van der Waals surface area (Å²) in [5.74, 6) is 0.172. The van der Waals surface area contributed by atoms with Crippen LogP contribution >= 0.6 is 0 Å². The molecule has 4 heteroatoms. The van der Waals surface area contributed by atoms with E-state index in [0.717, 1.165) is 24.2 Å². The molecule has 0 atom stereocenters. The summed E-state index contributed by atoms with van der Waals surface area (Å²) < 4.78 is 0. The van der Waals surface area contributed by atoms with Gasteiger partial charge in [-0.15, -0.1) is 0 Å². The van der Waals surface area contributed by atoms with Crippen LogP contribution in [0.3, 0.4) is 0 Å². The van der Waals surface area contributed by atoms with Crippen molar-refractivity contribution in [1.29, 1.82) is 0 Å². The van der Waals surface area contributed by atoms with E-state index < -0.39 is 0 Å². The largest absolute Gasteiger partial charge is 0.357 e. The number of allylic oxidation sites excluding steroid dienone is 2. The number of aromatic nitrogens is 2. The zero-order valence-corrected chi connectivity index (χ0v) is 9.21. The van der Waals surface area contributed by atoms with Crippen LogP contribution in [0.15, 0.2) is 24.2 Å². The molecule has 0 saturated heterocycles. The Bertz CT molecular complexity index is 328. The first-order valence-electron chi connectivity index (χ1n) is 5.19. The molecule has 1 rings (SSSR count). The number of ketones is 1. The number of anilines is 1. The molecular weight excluding hydrogens is 190 g/mol. The Kier molecular flexibility index (Phi) is 4.60. The van der Waals surface area contributed by atoms with Crippen molar-refractivity contribution in [2.75, 3.05) is 5.32 Å². The highest BCUT2D eigenvalue weighted by molar-refractivity contribution is 5.90. The molecule has 0 spiro atoms. The predicted octanol–water partition coefficient (Wildman–Crippen LogP) is 2.48. The van der Waals surface area contributed by atoms with E-state index in [1.165, 1.54) is 0 Å². The minimum atomic E-state index is 0.172. The fourth-order valence-corrected chi connectivity index (χ4v) is 1.25. The first-order valence-corrected chi connectivity index (χ1v) is 5.19. The Balaban J connectivity index is 2.42. The molecule has 0 aliphatic carbocycles. The van der Waals surface area contributed by atoms with Gasteiger partial charge in [0.05, 0.1) is 11.9 Å². The maximum Gasteiger partial charge on any atom is 0.157 e. The molecule has 0 aliphatic rings. The van der Waals surface area contributed by atoms with Crippen LogP contribution in [0.5, 0.6) is 0 Å². The Morgan fingerprint density at radius 2 is 2.47 bits per heavy atom. The monoisotopic (exact) mass is 207 g/mol. The lowest BCUT2D eigenvalue weighted by molar-refractivity contribution is -0.114. The van der Waals surface area contributed by atoms with Crippen molar-refractivity contribution in [2.24, 2.45) is 0 Å². The molecule has 0 aromatic carbocycles. The van der Waals surface area contributed by atoms with Gasteiger partial charge in [-0.2, -0.15) is 5.10 Å². The van der Waals surface area contributed by atoms with Gasteiger partial charge in [0, 0.05) is 24.4 Å². The van der Waals surface area contributed by atoms with Gasteiger partial charge in [0.25, 0.3) is 0 Å². The van der Waals surface area contributed by atoms with Crippen LogP contribution in [0.1, 0.15) is 33.1 Å². The van der Waals surface area contributed by atoms with Crippen molar-refractivity contribution in [3.8, 4) is 0 Å². The molecule has 0 unspecified atom stereocenters. The quantitative estimate of drug-likeness (QED) is 0.704. The highest BCUT2D eigenvalue weighted by Gasteiger charge is 1.99. The number of hydrogen-bond acceptors (Lipinski definition) is 3. The maximum atomic E-state index is 11.4. The smallest absolute Gasteiger partial charge is 0.157 e. The van der Waals surface area contributed by atoms with E-state index in [1.54, 1.807) is 18.5 Å². The second-order valence-electron chi connectivity index (χ2n) is 3.51. The van der Waals surface area contributed by atoms with Crippen molar-refractivity contribution < 1.29 is 4.79 Å².